The molecule has 1 saturated heterocycles. The summed E-state index contributed by atoms with van der Waals surface area (Å²) in [6.07, 6.45) is 1.87. The van der Waals surface area contributed by atoms with Crippen LogP contribution in [0.15, 0.2) is 0 Å². The number of carbonyl (C=O) groups is 1. The van der Waals surface area contributed by atoms with E-state index >= 15 is 0 Å². The maximum absolute atomic E-state index is 11.7. The van der Waals surface area contributed by atoms with Crippen molar-refractivity contribution in [3.05, 3.63) is 0 Å². The van der Waals surface area contributed by atoms with Gasteiger partial charge in [-0.15, -0.1) is 0 Å². The van der Waals surface area contributed by atoms with E-state index in [9.17, 15) is 4.79 Å². The lowest BCUT2D eigenvalue weighted by Gasteiger charge is -2.22. The molecule has 1 amide bonds. The van der Waals surface area contributed by atoms with Crippen LogP contribution in [0.3, 0.4) is 0 Å². The van der Waals surface area contributed by atoms with Crippen molar-refractivity contribution < 1.29 is 11.0 Å². The van der Waals surface area contributed by atoms with Crippen LogP contribution in [0.1, 0.15) is 48.9 Å². The topological polar surface area (TPSA) is 38.3 Å². The lowest BCUT2D eigenvalue weighted by atomic mass is 10.00. The van der Waals surface area contributed by atoms with Gasteiger partial charge in [0.1, 0.15) is 0 Å². The van der Waals surface area contributed by atoms with Crippen LogP contribution >= 0.6 is 0 Å². The van der Waals surface area contributed by atoms with E-state index in [2.05, 4.69) is 26.1 Å². The molecule has 1 fully saturated rings. The fraction of sp³-hybridized carbons (Fsp3) is 0.923. The standard InChI is InChI=1S/C11H21NO2.C2H6.H2/c1-4-10(8(2)3)12-11(13)9-5-6-14-7-9;1-2;/h8-10H,4-7H2,1-3H3,(H,12,13);1-2H3;1H. The molecule has 0 bridgehead atoms. The number of hydrogen-bond acceptors (Lipinski definition) is 2. The summed E-state index contributed by atoms with van der Waals surface area (Å²) in [4.78, 5) is 11.7. The molecule has 3 heteroatoms. The summed E-state index contributed by atoms with van der Waals surface area (Å²) in [7, 11) is 0. The second-order valence-electron chi connectivity index (χ2n) is 4.33. The summed E-state index contributed by atoms with van der Waals surface area (Å²) < 4.78 is 5.19. The third-order valence-corrected chi connectivity index (χ3v) is 2.87. The molecular formula is C13H29NO2. The molecule has 0 aromatic heterocycles. The van der Waals surface area contributed by atoms with E-state index < -0.39 is 0 Å². The Bertz CT molecular complexity index is 192. The van der Waals surface area contributed by atoms with Crippen LogP contribution in [0.4, 0.5) is 0 Å². The van der Waals surface area contributed by atoms with Crippen molar-refractivity contribution in [1.29, 1.82) is 0 Å². The molecule has 1 aliphatic heterocycles. The van der Waals surface area contributed by atoms with Gasteiger partial charge in [-0.05, 0) is 18.8 Å². The molecule has 0 saturated carbocycles. The SMILES string of the molecule is CC.CCC(NC(=O)C1CCOC1)C(C)C.[HH]. The summed E-state index contributed by atoms with van der Waals surface area (Å²) in [6, 6.07) is 0.308. The number of ether oxygens (including phenoxy) is 1. The molecule has 16 heavy (non-hydrogen) atoms. The van der Waals surface area contributed by atoms with E-state index in [1.54, 1.807) is 0 Å². The number of carbonyl (C=O) groups excluding carboxylic acids is 1. The van der Waals surface area contributed by atoms with Gasteiger partial charge in [-0.25, -0.2) is 0 Å². The van der Waals surface area contributed by atoms with E-state index in [4.69, 9.17) is 4.74 Å². The highest BCUT2D eigenvalue weighted by atomic mass is 16.5. The second kappa shape index (κ2) is 8.57. The Labute approximate surface area is 101 Å². The zero-order valence-corrected chi connectivity index (χ0v) is 11.4. The van der Waals surface area contributed by atoms with Crippen LogP contribution in [0.5, 0.6) is 0 Å². The Morgan fingerprint density at radius 2 is 2.12 bits per heavy atom. The predicted molar refractivity (Wildman–Crippen MR) is 69.4 cm³/mol. The summed E-state index contributed by atoms with van der Waals surface area (Å²) in [5.41, 5.74) is 0. The number of nitrogens with one attached hydrogen (secondary N) is 1. The molecule has 1 N–H and O–H groups in total. The molecule has 1 rings (SSSR count). The zero-order valence-electron chi connectivity index (χ0n) is 11.4. The molecule has 0 radical (unpaired) electrons. The van der Waals surface area contributed by atoms with Crippen molar-refractivity contribution in [2.75, 3.05) is 13.2 Å². The van der Waals surface area contributed by atoms with Gasteiger partial charge in [0.2, 0.25) is 5.91 Å². The first-order valence-corrected chi connectivity index (χ1v) is 6.53. The smallest absolute Gasteiger partial charge is 0.225 e. The normalized spacial score (nSPS) is 21.2. The molecule has 0 spiro atoms. The average Bonchev–Trinajstić information content (AvgIpc) is 2.81. The van der Waals surface area contributed by atoms with Crippen LogP contribution in [0, 0.1) is 11.8 Å². The highest BCUT2D eigenvalue weighted by molar-refractivity contribution is 5.79. The van der Waals surface area contributed by atoms with E-state index in [0.717, 1.165) is 19.4 Å². The lowest BCUT2D eigenvalue weighted by molar-refractivity contribution is -0.126. The fourth-order valence-electron chi connectivity index (χ4n) is 1.78. The van der Waals surface area contributed by atoms with Gasteiger partial charge in [0.25, 0.3) is 0 Å². The monoisotopic (exact) mass is 231 g/mol. The highest BCUT2D eigenvalue weighted by Gasteiger charge is 2.25. The third-order valence-electron chi connectivity index (χ3n) is 2.87. The predicted octanol–water partition coefficient (Wildman–Crippen LogP) is 2.85. The van der Waals surface area contributed by atoms with Gasteiger partial charge < -0.3 is 10.1 Å². The first kappa shape index (κ1) is 15.4. The molecule has 0 aromatic rings. The maximum Gasteiger partial charge on any atom is 0.225 e. The van der Waals surface area contributed by atoms with Crippen LogP contribution < -0.4 is 5.32 Å². The Balaban J connectivity index is 0. The highest BCUT2D eigenvalue weighted by Crippen LogP contribution is 2.14. The van der Waals surface area contributed by atoms with E-state index in [1.807, 2.05) is 13.8 Å². The van der Waals surface area contributed by atoms with Gasteiger partial charge in [-0.2, -0.15) is 0 Å². The Morgan fingerprint density at radius 1 is 1.50 bits per heavy atom. The molecular weight excluding hydrogens is 202 g/mol. The van der Waals surface area contributed by atoms with Crippen molar-refractivity contribution >= 4 is 5.91 Å². The Hall–Kier alpha value is -0.570. The van der Waals surface area contributed by atoms with Gasteiger partial charge in [0.05, 0.1) is 12.5 Å². The van der Waals surface area contributed by atoms with E-state index in [1.165, 1.54) is 0 Å². The third kappa shape index (κ3) is 4.97. The Kier molecular flexibility index (Phi) is 8.26. The second-order valence-corrected chi connectivity index (χ2v) is 4.33. The average molecular weight is 231 g/mol. The van der Waals surface area contributed by atoms with Gasteiger partial charge in [0, 0.05) is 14.1 Å². The van der Waals surface area contributed by atoms with Crippen LogP contribution in [-0.2, 0) is 9.53 Å². The molecule has 98 valence electrons. The molecule has 1 heterocycles. The van der Waals surface area contributed by atoms with Crippen molar-refractivity contribution in [1.82, 2.24) is 5.32 Å². The van der Waals surface area contributed by atoms with Crippen molar-refractivity contribution in [2.24, 2.45) is 11.8 Å². The van der Waals surface area contributed by atoms with Crippen molar-refractivity contribution in [3.8, 4) is 0 Å². The minimum Gasteiger partial charge on any atom is -0.381 e. The molecule has 0 aliphatic carbocycles. The first-order valence-electron chi connectivity index (χ1n) is 6.53. The Morgan fingerprint density at radius 3 is 2.50 bits per heavy atom. The van der Waals surface area contributed by atoms with E-state index in [-0.39, 0.29) is 13.3 Å². The quantitative estimate of drug-likeness (QED) is 0.808. The minimum absolute atomic E-state index is 0. The molecule has 1 aliphatic rings. The molecule has 3 nitrogen and oxygen atoms in total. The van der Waals surface area contributed by atoms with Crippen LogP contribution in [0.2, 0.25) is 0 Å². The number of hydrogen-bond donors (Lipinski definition) is 1. The number of amides is 1. The van der Waals surface area contributed by atoms with Gasteiger partial charge in [-0.3, -0.25) is 4.79 Å². The van der Waals surface area contributed by atoms with Gasteiger partial charge >= 0.3 is 0 Å². The summed E-state index contributed by atoms with van der Waals surface area (Å²) in [6.45, 7) is 11.7. The maximum atomic E-state index is 11.7. The van der Waals surface area contributed by atoms with Gasteiger partial charge in [-0.1, -0.05) is 34.6 Å². The molecule has 0 aromatic carbocycles. The first-order chi connectivity index (χ1) is 7.65. The van der Waals surface area contributed by atoms with Crippen LogP contribution in [-0.4, -0.2) is 25.2 Å². The summed E-state index contributed by atoms with van der Waals surface area (Å²) >= 11 is 0. The largest absolute Gasteiger partial charge is 0.381 e. The van der Waals surface area contributed by atoms with Crippen molar-refractivity contribution in [2.45, 2.75) is 53.5 Å². The minimum atomic E-state index is 0. The number of rotatable bonds is 4. The summed E-state index contributed by atoms with van der Waals surface area (Å²) in [5, 5.41) is 3.09. The summed E-state index contributed by atoms with van der Waals surface area (Å²) in [5.74, 6) is 0.761. The van der Waals surface area contributed by atoms with Crippen LogP contribution in [0.25, 0.3) is 0 Å². The van der Waals surface area contributed by atoms with Gasteiger partial charge in [0.15, 0.2) is 0 Å². The molecule has 2 atom stereocenters. The molecule has 2 unspecified atom stereocenters. The zero-order chi connectivity index (χ0) is 12.6. The lowest BCUT2D eigenvalue weighted by Crippen LogP contribution is -2.41. The fourth-order valence-corrected chi connectivity index (χ4v) is 1.78. The van der Waals surface area contributed by atoms with E-state index in [0.29, 0.717) is 18.6 Å². The van der Waals surface area contributed by atoms with Crippen molar-refractivity contribution in [3.63, 3.8) is 0 Å².